The van der Waals surface area contributed by atoms with E-state index in [0.29, 0.717) is 17.5 Å². The van der Waals surface area contributed by atoms with Gasteiger partial charge in [-0.1, -0.05) is 0 Å². The lowest BCUT2D eigenvalue weighted by Crippen LogP contribution is -2.72. The first kappa shape index (κ1) is 33.9. The molecular weight excluding hydrogens is 587 g/mol. The highest BCUT2D eigenvalue weighted by atomic mass is 19.1. The molecule has 5 rings (SSSR count). The molecule has 1 aliphatic carbocycles. The zero-order chi connectivity index (χ0) is 33.2. The maximum Gasteiger partial charge on any atom is 0.407 e. The Labute approximate surface area is 274 Å². The Morgan fingerprint density at radius 1 is 1.07 bits per heavy atom. The van der Waals surface area contributed by atoms with E-state index in [0.717, 1.165) is 58.4 Å². The van der Waals surface area contributed by atoms with Gasteiger partial charge in [0.2, 0.25) is 0 Å². The molecule has 11 heteroatoms. The molecule has 3 aliphatic rings. The quantitative estimate of drug-likeness (QED) is 0.314. The second-order valence-electron chi connectivity index (χ2n) is 15.1. The van der Waals surface area contributed by atoms with Crippen LogP contribution in [0.2, 0.25) is 0 Å². The number of amides is 2. The third-order valence-electron chi connectivity index (χ3n) is 9.29. The molecule has 2 amide bonds. The van der Waals surface area contributed by atoms with Crippen LogP contribution in [0.3, 0.4) is 0 Å². The smallest absolute Gasteiger partial charge is 0.407 e. The molecule has 1 aromatic heterocycles. The summed E-state index contributed by atoms with van der Waals surface area (Å²) in [5.41, 5.74) is -0.0417. The van der Waals surface area contributed by atoms with Crippen LogP contribution in [0.25, 0.3) is 0 Å². The lowest BCUT2D eigenvalue weighted by Gasteiger charge is -2.61. The van der Waals surface area contributed by atoms with E-state index in [-0.39, 0.29) is 48.3 Å². The number of carbonyl (C=O) groups excluding carboxylic acids is 2. The van der Waals surface area contributed by atoms with E-state index in [1.165, 1.54) is 30.9 Å². The van der Waals surface area contributed by atoms with Gasteiger partial charge in [0, 0.05) is 51.1 Å². The third-order valence-corrected chi connectivity index (χ3v) is 9.29. The van der Waals surface area contributed by atoms with Gasteiger partial charge in [-0.25, -0.2) is 19.2 Å². The molecule has 2 aromatic rings. The largest absolute Gasteiger partial charge is 0.451 e. The number of halogens is 1. The van der Waals surface area contributed by atoms with Crippen LogP contribution in [0, 0.1) is 17.2 Å². The van der Waals surface area contributed by atoms with Crippen LogP contribution in [-0.4, -0.2) is 88.2 Å². The Balaban J connectivity index is 0.00000500. The predicted octanol–water partition coefficient (Wildman–Crippen LogP) is 6.51. The predicted molar refractivity (Wildman–Crippen MR) is 178 cm³/mol. The van der Waals surface area contributed by atoms with Crippen molar-refractivity contribution < 1.29 is 24.9 Å². The molecule has 0 radical (unpaired) electrons. The number of likely N-dealkylation sites (tertiary alicyclic amines) is 1. The Bertz CT molecular complexity index is 1370. The van der Waals surface area contributed by atoms with Crippen LogP contribution in [0.1, 0.15) is 92.4 Å². The standard InChI is InChI=1S/C35H51FN6O4.H2/c1-23(2)42(24(3)4)32(43)28-16-26(36)10-13-29(28)45-30-17-37-22-38-31(30)41-20-35(21-41)18-40(19-35)15-14-25-8-11-27(12-9-25)39-33(44)46-34(5,6)7;/h10,13,16-17,22-25,27H,8-9,11-12,14-15,18-21H2,1-7H3,(H,39,44);1H. The topological polar surface area (TPSA) is 100 Å². The third kappa shape index (κ3) is 8.08. The van der Waals surface area contributed by atoms with E-state index in [2.05, 4.69) is 25.1 Å². The van der Waals surface area contributed by atoms with Gasteiger partial charge in [-0.2, -0.15) is 0 Å². The summed E-state index contributed by atoms with van der Waals surface area (Å²) < 4.78 is 26.0. The second kappa shape index (κ2) is 13.7. The first-order valence-electron chi connectivity index (χ1n) is 16.8. The van der Waals surface area contributed by atoms with Gasteiger partial charge in [0.15, 0.2) is 11.6 Å². The molecule has 10 nitrogen and oxygen atoms in total. The van der Waals surface area contributed by atoms with Crippen molar-refractivity contribution in [3.8, 4) is 11.5 Å². The number of hydrogen-bond donors (Lipinski definition) is 1. The monoisotopic (exact) mass is 640 g/mol. The molecule has 3 heterocycles. The summed E-state index contributed by atoms with van der Waals surface area (Å²) in [7, 11) is 0. The van der Waals surface area contributed by atoms with Gasteiger partial charge in [0.1, 0.15) is 23.5 Å². The van der Waals surface area contributed by atoms with E-state index >= 15 is 0 Å². The van der Waals surface area contributed by atoms with Crippen molar-refractivity contribution in [3.63, 3.8) is 0 Å². The molecule has 1 spiro atoms. The Hall–Kier alpha value is -3.47. The fraction of sp³-hybridized carbons (Fsp3) is 0.657. The fourth-order valence-corrected chi connectivity index (χ4v) is 7.31. The average molecular weight is 641 g/mol. The zero-order valence-electron chi connectivity index (χ0n) is 28.5. The summed E-state index contributed by atoms with van der Waals surface area (Å²) in [6, 6.07) is 4.15. The van der Waals surface area contributed by atoms with Crippen molar-refractivity contribution in [2.75, 3.05) is 37.6 Å². The van der Waals surface area contributed by atoms with Gasteiger partial charge >= 0.3 is 6.09 Å². The van der Waals surface area contributed by atoms with Crippen molar-refractivity contribution in [2.24, 2.45) is 11.3 Å². The molecule has 0 bridgehead atoms. The number of nitrogens with zero attached hydrogens (tertiary/aromatic N) is 5. The van der Waals surface area contributed by atoms with Crippen molar-refractivity contribution in [1.29, 1.82) is 0 Å². The number of nitrogens with one attached hydrogen (secondary N) is 1. The SMILES string of the molecule is CC(C)N(C(=O)c1cc(F)ccc1Oc1cncnc1N1CC2(CN(CCC3CCC(NC(=O)OC(C)(C)C)CC3)C2)C1)C(C)C.[HH]. The van der Waals surface area contributed by atoms with E-state index in [4.69, 9.17) is 9.47 Å². The number of anilines is 1. The molecule has 2 saturated heterocycles. The molecule has 2 aliphatic heterocycles. The fourth-order valence-electron chi connectivity index (χ4n) is 7.31. The van der Waals surface area contributed by atoms with Crippen molar-refractivity contribution in [3.05, 3.63) is 42.1 Å². The van der Waals surface area contributed by atoms with Gasteiger partial charge < -0.3 is 29.5 Å². The summed E-state index contributed by atoms with van der Waals surface area (Å²) >= 11 is 0. The minimum Gasteiger partial charge on any atom is -0.451 e. The normalized spacial score (nSPS) is 21.1. The van der Waals surface area contributed by atoms with Crippen LogP contribution < -0.4 is 15.0 Å². The highest BCUT2D eigenvalue weighted by Gasteiger charge is 2.52. The van der Waals surface area contributed by atoms with E-state index < -0.39 is 11.4 Å². The van der Waals surface area contributed by atoms with E-state index in [1.807, 2.05) is 48.5 Å². The number of alkyl carbamates (subject to hydrolysis) is 1. The van der Waals surface area contributed by atoms with Crippen molar-refractivity contribution in [1.82, 2.24) is 25.1 Å². The van der Waals surface area contributed by atoms with Crippen LogP contribution in [-0.2, 0) is 4.74 Å². The summed E-state index contributed by atoms with van der Waals surface area (Å²) in [5, 5.41) is 3.04. The number of hydrogen-bond acceptors (Lipinski definition) is 8. The van der Waals surface area contributed by atoms with Gasteiger partial charge in [0.25, 0.3) is 5.91 Å². The molecular formula is C35H53FN6O4. The number of carbonyl (C=O) groups is 2. The first-order valence-corrected chi connectivity index (χ1v) is 16.8. The lowest BCUT2D eigenvalue weighted by atomic mass is 9.72. The number of aromatic nitrogens is 2. The Morgan fingerprint density at radius 3 is 2.37 bits per heavy atom. The molecule has 1 aromatic carbocycles. The maximum absolute atomic E-state index is 14.3. The number of ether oxygens (including phenoxy) is 2. The maximum atomic E-state index is 14.3. The van der Waals surface area contributed by atoms with Crippen LogP contribution in [0.5, 0.6) is 11.5 Å². The molecule has 1 N–H and O–H groups in total. The highest BCUT2D eigenvalue weighted by Crippen LogP contribution is 2.44. The molecule has 1 saturated carbocycles. The molecule has 0 unspecified atom stereocenters. The highest BCUT2D eigenvalue weighted by molar-refractivity contribution is 5.97. The molecule has 3 fully saturated rings. The minimum absolute atomic E-state index is 0. The van der Waals surface area contributed by atoms with Crippen molar-refractivity contribution >= 4 is 17.8 Å². The molecule has 0 atom stereocenters. The van der Waals surface area contributed by atoms with Crippen LogP contribution in [0.15, 0.2) is 30.7 Å². The number of rotatable bonds is 10. The lowest BCUT2D eigenvalue weighted by molar-refractivity contribution is -0.0258. The summed E-state index contributed by atoms with van der Waals surface area (Å²) in [6.07, 6.45) is 8.28. The van der Waals surface area contributed by atoms with Crippen LogP contribution in [0.4, 0.5) is 15.0 Å². The zero-order valence-corrected chi connectivity index (χ0v) is 28.5. The Morgan fingerprint density at radius 2 is 1.74 bits per heavy atom. The second-order valence-corrected chi connectivity index (χ2v) is 15.1. The summed E-state index contributed by atoms with van der Waals surface area (Å²) in [6.45, 7) is 18.4. The average Bonchev–Trinajstić information content (AvgIpc) is 2.92. The van der Waals surface area contributed by atoms with E-state index in [9.17, 15) is 14.0 Å². The van der Waals surface area contributed by atoms with Gasteiger partial charge in [-0.05, 0) is 111 Å². The number of benzene rings is 1. The van der Waals surface area contributed by atoms with Crippen LogP contribution >= 0.6 is 0 Å². The van der Waals surface area contributed by atoms with Crippen molar-refractivity contribution in [2.45, 2.75) is 104 Å². The summed E-state index contributed by atoms with van der Waals surface area (Å²) in [4.78, 5) is 40.8. The summed E-state index contributed by atoms with van der Waals surface area (Å²) in [5.74, 6) is 1.35. The Kier molecular flexibility index (Phi) is 10.1. The minimum atomic E-state index is -0.491. The van der Waals surface area contributed by atoms with Gasteiger partial charge in [-0.15, -0.1) is 0 Å². The van der Waals surface area contributed by atoms with E-state index in [1.54, 1.807) is 11.1 Å². The van der Waals surface area contributed by atoms with Gasteiger partial charge in [-0.3, -0.25) is 4.79 Å². The molecule has 254 valence electrons. The van der Waals surface area contributed by atoms with Gasteiger partial charge in [0.05, 0.1) is 11.8 Å². The first-order chi connectivity index (χ1) is 21.7. The molecule has 46 heavy (non-hydrogen) atoms.